The number of ketones is 1. The summed E-state index contributed by atoms with van der Waals surface area (Å²) in [6.45, 7) is 0. The predicted molar refractivity (Wildman–Crippen MR) is 119 cm³/mol. The van der Waals surface area contributed by atoms with Gasteiger partial charge in [-0.1, -0.05) is 84.0 Å². The highest BCUT2D eigenvalue weighted by atomic mass is 35.5. The third kappa shape index (κ3) is 4.31. The Balaban J connectivity index is 1.78. The Bertz CT molecular complexity index is 1110. The van der Waals surface area contributed by atoms with Crippen LogP contribution in [-0.2, 0) is 4.79 Å². The Hall–Kier alpha value is -3.15. The number of hydrogen-bond acceptors (Lipinski definition) is 4. The molecule has 4 nitrogen and oxygen atoms in total. The van der Waals surface area contributed by atoms with Crippen molar-refractivity contribution in [2.24, 2.45) is 5.10 Å². The number of Topliss-reactive ketones (excluding diaryl/α,β-unsaturated/α-hetero) is 1. The number of halogens is 1. The van der Waals surface area contributed by atoms with E-state index < -0.39 is 0 Å². The topological polar surface area (TPSA) is 49.7 Å². The molecule has 4 rings (SSSR count). The molecule has 3 aromatic rings. The Kier molecular flexibility index (Phi) is 5.60. The van der Waals surface area contributed by atoms with E-state index >= 15 is 0 Å². The van der Waals surface area contributed by atoms with Gasteiger partial charge in [-0.25, -0.2) is 0 Å². The molecule has 1 aliphatic rings. The van der Waals surface area contributed by atoms with E-state index in [0.29, 0.717) is 21.2 Å². The van der Waals surface area contributed by atoms with Gasteiger partial charge in [0.1, 0.15) is 0 Å². The van der Waals surface area contributed by atoms with Crippen molar-refractivity contribution in [3.8, 4) is 0 Å². The van der Waals surface area contributed by atoms with Gasteiger partial charge in [-0.2, -0.15) is 10.1 Å². The number of anilines is 1. The van der Waals surface area contributed by atoms with Gasteiger partial charge >= 0.3 is 0 Å². The molecule has 1 amide bonds. The zero-order valence-electron chi connectivity index (χ0n) is 15.2. The van der Waals surface area contributed by atoms with Crippen molar-refractivity contribution in [1.82, 2.24) is 0 Å². The lowest BCUT2D eigenvalue weighted by molar-refractivity contribution is -0.114. The monoisotopic (exact) mass is 418 g/mol. The summed E-state index contributed by atoms with van der Waals surface area (Å²) in [5.41, 5.74) is 1.92. The van der Waals surface area contributed by atoms with E-state index in [-0.39, 0.29) is 16.7 Å². The van der Waals surface area contributed by atoms with Crippen LogP contribution in [0.2, 0.25) is 5.02 Å². The summed E-state index contributed by atoms with van der Waals surface area (Å²) in [5.74, 6) is -0.535. The van der Waals surface area contributed by atoms with Crippen LogP contribution in [0.5, 0.6) is 0 Å². The molecule has 0 aromatic heterocycles. The molecule has 3 aromatic carbocycles. The van der Waals surface area contributed by atoms with Crippen molar-refractivity contribution in [3.63, 3.8) is 0 Å². The summed E-state index contributed by atoms with van der Waals surface area (Å²) >= 11 is 7.06. The van der Waals surface area contributed by atoms with Crippen molar-refractivity contribution < 1.29 is 9.59 Å². The van der Waals surface area contributed by atoms with E-state index in [0.717, 1.165) is 17.3 Å². The van der Waals surface area contributed by atoms with Crippen LogP contribution in [0.15, 0.2) is 94.9 Å². The summed E-state index contributed by atoms with van der Waals surface area (Å²) in [7, 11) is 0. The van der Waals surface area contributed by atoms with E-state index in [2.05, 4.69) is 5.10 Å². The smallest absolute Gasteiger partial charge is 0.285 e. The first kappa shape index (κ1) is 19.2. The van der Waals surface area contributed by atoms with E-state index in [1.54, 1.807) is 54.6 Å². The maximum atomic E-state index is 13.1. The first-order valence-electron chi connectivity index (χ1n) is 8.85. The molecule has 0 unspecified atom stereocenters. The Morgan fingerprint density at radius 3 is 2.17 bits per heavy atom. The summed E-state index contributed by atoms with van der Waals surface area (Å²) in [5, 5.41) is 6.39. The number of nitrogens with zero attached hydrogens (tertiary/aromatic N) is 2. The van der Waals surface area contributed by atoms with E-state index in [9.17, 15) is 9.59 Å². The standard InChI is InChI=1S/C23H15ClN2O2S/c24-18-11-13-19(14-12-18)26-23(28)20(15-16-7-3-1-4-8-16)29-22(25-26)21(27)17-9-5-2-6-10-17/h1-15H. The molecule has 0 saturated heterocycles. The van der Waals surface area contributed by atoms with Gasteiger partial charge in [-0.15, -0.1) is 0 Å². The van der Waals surface area contributed by atoms with Crippen LogP contribution in [0.25, 0.3) is 6.08 Å². The molecule has 0 aliphatic carbocycles. The number of hydrogen-bond donors (Lipinski definition) is 0. The van der Waals surface area contributed by atoms with E-state index in [4.69, 9.17) is 11.6 Å². The Morgan fingerprint density at radius 2 is 1.52 bits per heavy atom. The van der Waals surface area contributed by atoms with Crippen molar-refractivity contribution in [2.75, 3.05) is 5.01 Å². The van der Waals surface area contributed by atoms with Gasteiger partial charge in [-0.3, -0.25) is 9.59 Å². The molecule has 0 fully saturated rings. The van der Waals surface area contributed by atoms with Crippen LogP contribution >= 0.6 is 23.4 Å². The van der Waals surface area contributed by atoms with Gasteiger partial charge in [0.25, 0.3) is 5.91 Å². The van der Waals surface area contributed by atoms with Crippen molar-refractivity contribution in [2.45, 2.75) is 0 Å². The van der Waals surface area contributed by atoms with Crippen LogP contribution in [0.1, 0.15) is 15.9 Å². The number of thioether (sulfide) groups is 1. The van der Waals surface area contributed by atoms with Gasteiger partial charge in [0.05, 0.1) is 10.6 Å². The lowest BCUT2D eigenvalue weighted by Crippen LogP contribution is -2.33. The van der Waals surface area contributed by atoms with Gasteiger partial charge in [-0.05, 0) is 35.9 Å². The molecule has 0 saturated carbocycles. The molecular weight excluding hydrogens is 404 g/mol. The molecule has 29 heavy (non-hydrogen) atoms. The minimum atomic E-state index is -0.300. The average molecular weight is 419 g/mol. The molecular formula is C23H15ClN2O2S. The summed E-state index contributed by atoms with van der Waals surface area (Å²) < 4.78 is 0. The number of amides is 1. The minimum absolute atomic E-state index is 0.230. The largest absolute Gasteiger partial charge is 0.286 e. The van der Waals surface area contributed by atoms with E-state index in [1.165, 1.54) is 5.01 Å². The Labute approximate surface area is 177 Å². The zero-order valence-corrected chi connectivity index (χ0v) is 16.7. The maximum absolute atomic E-state index is 13.1. The van der Waals surface area contributed by atoms with Crippen LogP contribution in [0, 0.1) is 0 Å². The highest BCUT2D eigenvalue weighted by molar-refractivity contribution is 8.20. The third-order valence-corrected chi connectivity index (χ3v) is 5.42. The fourth-order valence-corrected chi connectivity index (χ4v) is 3.80. The second-order valence-corrected chi connectivity index (χ2v) is 7.68. The lowest BCUT2D eigenvalue weighted by Gasteiger charge is -2.24. The highest BCUT2D eigenvalue weighted by Crippen LogP contribution is 2.33. The normalized spacial score (nSPS) is 15.3. The second-order valence-electron chi connectivity index (χ2n) is 6.22. The van der Waals surface area contributed by atoms with Crippen LogP contribution in [-0.4, -0.2) is 16.7 Å². The van der Waals surface area contributed by atoms with Crippen LogP contribution in [0.3, 0.4) is 0 Å². The van der Waals surface area contributed by atoms with Crippen LogP contribution in [0.4, 0.5) is 5.69 Å². The fourth-order valence-electron chi connectivity index (χ4n) is 2.76. The molecule has 1 aliphatic heterocycles. The average Bonchev–Trinajstić information content (AvgIpc) is 2.77. The van der Waals surface area contributed by atoms with Crippen molar-refractivity contribution in [3.05, 3.63) is 106 Å². The molecule has 6 heteroatoms. The van der Waals surface area contributed by atoms with Crippen LogP contribution < -0.4 is 5.01 Å². The highest BCUT2D eigenvalue weighted by Gasteiger charge is 2.31. The van der Waals surface area contributed by atoms with Gasteiger partial charge < -0.3 is 0 Å². The number of hydrazone groups is 1. The second kappa shape index (κ2) is 8.47. The summed E-state index contributed by atoms with van der Waals surface area (Å²) in [6, 6.07) is 25.2. The molecule has 1 heterocycles. The molecule has 142 valence electrons. The quantitative estimate of drug-likeness (QED) is 0.406. The number of carbonyl (C=O) groups excluding carboxylic acids is 2. The molecule has 0 N–H and O–H groups in total. The van der Waals surface area contributed by atoms with Crippen molar-refractivity contribution >= 4 is 51.9 Å². The van der Waals surface area contributed by atoms with Crippen molar-refractivity contribution in [1.29, 1.82) is 0 Å². The van der Waals surface area contributed by atoms with Gasteiger partial charge in [0.15, 0.2) is 5.04 Å². The SMILES string of the molecule is O=C(C1=NN(c2ccc(Cl)cc2)C(=O)C(=Cc2ccccc2)S1)c1ccccc1. The summed E-state index contributed by atoms with van der Waals surface area (Å²) in [6.07, 6.45) is 1.77. The minimum Gasteiger partial charge on any atom is -0.286 e. The maximum Gasteiger partial charge on any atom is 0.285 e. The number of carbonyl (C=O) groups is 2. The summed E-state index contributed by atoms with van der Waals surface area (Å²) in [4.78, 5) is 26.5. The zero-order chi connectivity index (χ0) is 20.2. The lowest BCUT2D eigenvalue weighted by atomic mass is 10.1. The molecule has 0 atom stereocenters. The third-order valence-electron chi connectivity index (χ3n) is 4.20. The predicted octanol–water partition coefficient (Wildman–Crippen LogP) is 5.66. The van der Waals surface area contributed by atoms with Gasteiger partial charge in [0.2, 0.25) is 5.78 Å². The Morgan fingerprint density at radius 1 is 0.897 bits per heavy atom. The molecule has 0 radical (unpaired) electrons. The molecule has 0 spiro atoms. The first-order valence-corrected chi connectivity index (χ1v) is 10.0. The first-order chi connectivity index (χ1) is 14.1. The van der Waals surface area contributed by atoms with Gasteiger partial charge in [0, 0.05) is 10.6 Å². The number of rotatable bonds is 4. The number of benzene rings is 3. The van der Waals surface area contributed by atoms with E-state index in [1.807, 2.05) is 36.4 Å². The fraction of sp³-hybridized carbons (Fsp3) is 0. The molecule has 0 bridgehead atoms.